The minimum absolute atomic E-state index is 0.00495. The molecule has 0 aliphatic carbocycles. The molecule has 1 aromatic rings. The van der Waals surface area contributed by atoms with Crippen molar-refractivity contribution in [2.45, 2.75) is 32.7 Å². The third-order valence-corrected chi connectivity index (χ3v) is 6.02. The first-order valence-electron chi connectivity index (χ1n) is 11.2. The van der Waals surface area contributed by atoms with Crippen LogP contribution in [0.25, 0.3) is 0 Å². The first-order valence-corrected chi connectivity index (χ1v) is 11.6. The SMILES string of the molecule is CCC(C)C(NC(=O)c1ccc(Cl)cc1)C(=O)N1CCN(CC(=O)NCCCOC)CC1. The van der Waals surface area contributed by atoms with Gasteiger partial charge in [-0.05, 0) is 36.6 Å². The zero-order valence-corrected chi connectivity index (χ0v) is 20.0. The molecule has 1 aliphatic rings. The van der Waals surface area contributed by atoms with Crippen LogP contribution in [0.5, 0.6) is 0 Å². The van der Waals surface area contributed by atoms with Crippen molar-refractivity contribution < 1.29 is 19.1 Å². The number of carbonyl (C=O) groups is 3. The third-order valence-electron chi connectivity index (χ3n) is 5.77. The van der Waals surface area contributed by atoms with E-state index in [0.29, 0.717) is 56.5 Å². The normalized spacial score (nSPS) is 16.3. The number of halogens is 1. The Labute approximate surface area is 195 Å². The first-order chi connectivity index (χ1) is 15.3. The number of carbonyl (C=O) groups excluding carboxylic acids is 3. The molecule has 2 rings (SSSR count). The summed E-state index contributed by atoms with van der Waals surface area (Å²) >= 11 is 5.90. The Kier molecular flexibility index (Phi) is 10.9. The van der Waals surface area contributed by atoms with E-state index in [4.69, 9.17) is 16.3 Å². The average Bonchev–Trinajstić information content (AvgIpc) is 2.80. The standard InChI is InChI=1S/C23H35ClN4O4/c1-4-17(2)21(26-22(30)18-6-8-19(24)9-7-18)23(31)28-13-11-27(12-14-28)16-20(29)25-10-5-15-32-3/h6-9,17,21H,4-5,10-16H2,1-3H3,(H,25,29)(H,26,30). The second-order valence-corrected chi connectivity index (χ2v) is 8.58. The van der Waals surface area contributed by atoms with E-state index in [1.54, 1.807) is 36.3 Å². The highest BCUT2D eigenvalue weighted by molar-refractivity contribution is 6.30. The lowest BCUT2D eigenvalue weighted by Gasteiger charge is -2.37. The van der Waals surface area contributed by atoms with E-state index in [0.717, 1.165) is 12.8 Å². The molecule has 2 unspecified atom stereocenters. The fourth-order valence-corrected chi connectivity index (χ4v) is 3.66. The summed E-state index contributed by atoms with van der Waals surface area (Å²) in [4.78, 5) is 41.8. The number of nitrogens with one attached hydrogen (secondary N) is 2. The van der Waals surface area contributed by atoms with E-state index < -0.39 is 6.04 Å². The summed E-state index contributed by atoms with van der Waals surface area (Å²) in [6.45, 7) is 7.79. The van der Waals surface area contributed by atoms with Gasteiger partial charge in [-0.3, -0.25) is 19.3 Å². The highest BCUT2D eigenvalue weighted by Gasteiger charge is 2.32. The van der Waals surface area contributed by atoms with Crippen molar-refractivity contribution in [3.05, 3.63) is 34.9 Å². The summed E-state index contributed by atoms with van der Waals surface area (Å²) in [7, 11) is 1.64. The van der Waals surface area contributed by atoms with Gasteiger partial charge in [-0.2, -0.15) is 0 Å². The van der Waals surface area contributed by atoms with Gasteiger partial charge in [0.2, 0.25) is 11.8 Å². The van der Waals surface area contributed by atoms with Gasteiger partial charge >= 0.3 is 0 Å². The maximum absolute atomic E-state index is 13.2. The monoisotopic (exact) mass is 466 g/mol. The van der Waals surface area contributed by atoms with E-state index in [9.17, 15) is 14.4 Å². The molecule has 1 fully saturated rings. The molecule has 178 valence electrons. The lowest BCUT2D eigenvalue weighted by atomic mass is 9.97. The fourth-order valence-electron chi connectivity index (χ4n) is 3.54. The van der Waals surface area contributed by atoms with Crippen molar-refractivity contribution in [3.63, 3.8) is 0 Å². The van der Waals surface area contributed by atoms with Gasteiger partial charge in [0.25, 0.3) is 5.91 Å². The summed E-state index contributed by atoms with van der Waals surface area (Å²) in [6, 6.07) is 6.01. The second-order valence-electron chi connectivity index (χ2n) is 8.14. The Bertz CT molecular complexity index is 751. The van der Waals surface area contributed by atoms with Crippen molar-refractivity contribution in [1.82, 2.24) is 20.4 Å². The summed E-state index contributed by atoms with van der Waals surface area (Å²) < 4.78 is 4.97. The molecule has 0 aromatic heterocycles. The Morgan fingerprint density at radius 1 is 1.12 bits per heavy atom. The fraction of sp³-hybridized carbons (Fsp3) is 0.609. The van der Waals surface area contributed by atoms with Gasteiger partial charge in [-0.25, -0.2) is 0 Å². The predicted octanol–water partition coefficient (Wildman–Crippen LogP) is 1.78. The molecule has 2 atom stereocenters. The number of benzene rings is 1. The lowest BCUT2D eigenvalue weighted by Crippen LogP contribution is -2.57. The van der Waals surface area contributed by atoms with Crippen LogP contribution in [-0.4, -0.2) is 86.5 Å². The number of rotatable bonds is 11. The summed E-state index contributed by atoms with van der Waals surface area (Å²) in [5.41, 5.74) is 0.469. The van der Waals surface area contributed by atoms with Crippen LogP contribution in [-0.2, 0) is 14.3 Å². The molecule has 3 amide bonds. The predicted molar refractivity (Wildman–Crippen MR) is 125 cm³/mol. The molecule has 0 saturated carbocycles. The zero-order valence-electron chi connectivity index (χ0n) is 19.2. The molecule has 32 heavy (non-hydrogen) atoms. The number of piperazine rings is 1. The topological polar surface area (TPSA) is 91.0 Å². The van der Waals surface area contributed by atoms with Crippen molar-refractivity contribution in [2.75, 3.05) is 53.0 Å². The molecule has 0 spiro atoms. The average molecular weight is 467 g/mol. The second kappa shape index (κ2) is 13.4. The summed E-state index contributed by atoms with van der Waals surface area (Å²) in [5.74, 6) is -0.391. The number of methoxy groups -OCH3 is 1. The van der Waals surface area contributed by atoms with Gasteiger partial charge in [0.15, 0.2) is 0 Å². The van der Waals surface area contributed by atoms with Crippen LogP contribution in [0.1, 0.15) is 37.0 Å². The van der Waals surface area contributed by atoms with Gasteiger partial charge in [-0.15, -0.1) is 0 Å². The maximum Gasteiger partial charge on any atom is 0.251 e. The molecule has 0 radical (unpaired) electrons. The molecule has 8 nitrogen and oxygen atoms in total. The van der Waals surface area contributed by atoms with Crippen LogP contribution in [0.2, 0.25) is 5.02 Å². The number of ether oxygens (including phenoxy) is 1. The van der Waals surface area contributed by atoms with Gasteiger partial charge in [-0.1, -0.05) is 31.9 Å². The first kappa shape index (κ1) is 26.1. The van der Waals surface area contributed by atoms with Gasteiger partial charge in [0.1, 0.15) is 6.04 Å². The van der Waals surface area contributed by atoms with Crippen molar-refractivity contribution in [3.8, 4) is 0 Å². The van der Waals surface area contributed by atoms with Gasteiger partial charge in [0.05, 0.1) is 6.54 Å². The maximum atomic E-state index is 13.2. The van der Waals surface area contributed by atoms with Gasteiger partial charge < -0.3 is 20.3 Å². The number of nitrogens with zero attached hydrogens (tertiary/aromatic N) is 2. The van der Waals surface area contributed by atoms with Crippen LogP contribution < -0.4 is 10.6 Å². The Hall–Kier alpha value is -2.16. The van der Waals surface area contributed by atoms with Crippen molar-refractivity contribution in [1.29, 1.82) is 0 Å². The molecule has 9 heteroatoms. The molecule has 0 bridgehead atoms. The molecular weight excluding hydrogens is 432 g/mol. The van der Waals surface area contributed by atoms with Crippen LogP contribution >= 0.6 is 11.6 Å². The van der Waals surface area contributed by atoms with E-state index >= 15 is 0 Å². The number of amides is 3. The smallest absolute Gasteiger partial charge is 0.251 e. The Morgan fingerprint density at radius 3 is 2.38 bits per heavy atom. The number of hydrogen-bond donors (Lipinski definition) is 2. The highest BCUT2D eigenvalue weighted by Crippen LogP contribution is 2.15. The molecular formula is C23H35ClN4O4. The van der Waals surface area contributed by atoms with Crippen LogP contribution in [0, 0.1) is 5.92 Å². The minimum Gasteiger partial charge on any atom is -0.385 e. The lowest BCUT2D eigenvalue weighted by molar-refractivity contribution is -0.136. The van der Waals surface area contributed by atoms with E-state index in [1.807, 2.05) is 18.7 Å². The molecule has 1 aromatic carbocycles. The van der Waals surface area contributed by atoms with Crippen LogP contribution in [0.3, 0.4) is 0 Å². The van der Waals surface area contributed by atoms with E-state index in [-0.39, 0.29) is 23.6 Å². The minimum atomic E-state index is -0.598. The summed E-state index contributed by atoms with van der Waals surface area (Å²) in [5, 5.41) is 6.35. The summed E-state index contributed by atoms with van der Waals surface area (Å²) in [6.07, 6.45) is 1.55. The molecule has 1 aliphatic heterocycles. The molecule has 1 heterocycles. The van der Waals surface area contributed by atoms with Crippen LogP contribution in [0.4, 0.5) is 0 Å². The number of hydrogen-bond acceptors (Lipinski definition) is 5. The quantitative estimate of drug-likeness (QED) is 0.485. The Morgan fingerprint density at radius 2 is 1.78 bits per heavy atom. The van der Waals surface area contributed by atoms with Crippen molar-refractivity contribution >= 4 is 29.3 Å². The van der Waals surface area contributed by atoms with Crippen molar-refractivity contribution in [2.24, 2.45) is 5.92 Å². The van der Waals surface area contributed by atoms with E-state index in [2.05, 4.69) is 10.6 Å². The Balaban J connectivity index is 1.88. The largest absolute Gasteiger partial charge is 0.385 e. The van der Waals surface area contributed by atoms with E-state index in [1.165, 1.54) is 0 Å². The van der Waals surface area contributed by atoms with Crippen LogP contribution in [0.15, 0.2) is 24.3 Å². The third kappa shape index (κ3) is 8.07. The molecule has 2 N–H and O–H groups in total. The molecule has 1 saturated heterocycles. The van der Waals surface area contributed by atoms with Gasteiger partial charge in [0, 0.05) is 57.0 Å². The highest BCUT2D eigenvalue weighted by atomic mass is 35.5. The zero-order chi connectivity index (χ0) is 23.5.